The van der Waals surface area contributed by atoms with Crippen molar-refractivity contribution in [3.8, 4) is 10.6 Å². The number of hydrogen-bond donors (Lipinski definition) is 1. The number of carbonyl (C=O) groups is 2. The van der Waals surface area contributed by atoms with Crippen molar-refractivity contribution in [1.29, 1.82) is 0 Å². The molecule has 0 saturated carbocycles. The molecule has 1 heterocycles. The minimum atomic E-state index is -0.862. The van der Waals surface area contributed by atoms with Gasteiger partial charge in [0.05, 0.1) is 18.7 Å². The molecule has 2 rings (SSSR count). The highest BCUT2D eigenvalue weighted by Gasteiger charge is 2.18. The van der Waals surface area contributed by atoms with Crippen LogP contribution in [0.15, 0.2) is 29.6 Å². The second-order valence-corrected chi connectivity index (χ2v) is 6.54. The molecular weight excluding hydrogens is 364 g/mol. The zero-order chi connectivity index (χ0) is 18.2. The van der Waals surface area contributed by atoms with Gasteiger partial charge in [0.15, 0.2) is 6.10 Å². The van der Waals surface area contributed by atoms with Crippen LogP contribution in [0.3, 0.4) is 0 Å². The molecule has 0 aliphatic carbocycles. The molecule has 0 spiro atoms. The number of nitrogens with one attached hydrogen (secondary N) is 1. The van der Waals surface area contributed by atoms with Gasteiger partial charge in [0, 0.05) is 29.6 Å². The number of aromatic nitrogens is 1. The van der Waals surface area contributed by atoms with Crippen LogP contribution in [0.1, 0.15) is 12.6 Å². The summed E-state index contributed by atoms with van der Waals surface area (Å²) in [4.78, 5) is 28.1. The average molecular weight is 383 g/mol. The first-order chi connectivity index (χ1) is 12.0. The summed E-state index contributed by atoms with van der Waals surface area (Å²) in [7, 11) is 1.54. The molecule has 1 N–H and O–H groups in total. The number of rotatable bonds is 8. The minimum absolute atomic E-state index is 0.0137. The van der Waals surface area contributed by atoms with Gasteiger partial charge in [-0.3, -0.25) is 9.59 Å². The SMILES string of the molecule is COCCNC(=O)[C@H](C)OC(=O)Cc1csc(-c2ccc(Cl)cc2)n1. The quantitative estimate of drug-likeness (QED) is 0.561. The molecule has 0 unspecified atom stereocenters. The molecule has 0 fully saturated rings. The van der Waals surface area contributed by atoms with Crippen LogP contribution in [0.4, 0.5) is 0 Å². The molecule has 134 valence electrons. The van der Waals surface area contributed by atoms with Crippen molar-refractivity contribution < 1.29 is 19.1 Å². The standard InChI is InChI=1S/C17H19ClN2O4S/c1-11(16(22)19-7-8-23-2)24-15(21)9-14-10-25-17(20-14)12-3-5-13(18)6-4-12/h3-6,10-11H,7-9H2,1-2H3,(H,19,22)/t11-/m0/s1. The maximum Gasteiger partial charge on any atom is 0.312 e. The molecule has 0 radical (unpaired) electrons. The van der Waals surface area contributed by atoms with Crippen molar-refractivity contribution in [2.24, 2.45) is 0 Å². The lowest BCUT2D eigenvalue weighted by Crippen LogP contribution is -2.37. The molecule has 0 saturated heterocycles. The monoisotopic (exact) mass is 382 g/mol. The van der Waals surface area contributed by atoms with E-state index in [1.807, 2.05) is 12.1 Å². The first kappa shape index (κ1) is 19.4. The average Bonchev–Trinajstić information content (AvgIpc) is 3.03. The predicted molar refractivity (Wildman–Crippen MR) is 96.7 cm³/mol. The number of nitrogens with zero attached hydrogens (tertiary/aromatic N) is 1. The van der Waals surface area contributed by atoms with E-state index in [1.165, 1.54) is 18.3 Å². The molecule has 1 aromatic carbocycles. The van der Waals surface area contributed by atoms with Crippen molar-refractivity contribution in [2.45, 2.75) is 19.4 Å². The van der Waals surface area contributed by atoms with Gasteiger partial charge in [0.2, 0.25) is 0 Å². The van der Waals surface area contributed by atoms with Crippen LogP contribution < -0.4 is 5.32 Å². The number of hydrogen-bond acceptors (Lipinski definition) is 6. The van der Waals surface area contributed by atoms with E-state index in [0.29, 0.717) is 23.9 Å². The molecule has 2 aromatic rings. The predicted octanol–water partition coefficient (Wildman–Crippen LogP) is 2.70. The number of ether oxygens (including phenoxy) is 2. The van der Waals surface area contributed by atoms with Crippen molar-refractivity contribution in [3.05, 3.63) is 40.4 Å². The maximum atomic E-state index is 12.0. The van der Waals surface area contributed by atoms with Gasteiger partial charge in [0.1, 0.15) is 5.01 Å². The Bertz CT molecular complexity index is 718. The van der Waals surface area contributed by atoms with E-state index >= 15 is 0 Å². The second kappa shape index (κ2) is 9.50. The van der Waals surface area contributed by atoms with E-state index < -0.39 is 12.1 Å². The Hall–Kier alpha value is -1.96. The molecule has 25 heavy (non-hydrogen) atoms. The largest absolute Gasteiger partial charge is 0.452 e. The molecule has 0 aliphatic heterocycles. The van der Waals surface area contributed by atoms with Crippen molar-refractivity contribution in [2.75, 3.05) is 20.3 Å². The van der Waals surface area contributed by atoms with Gasteiger partial charge in [0.25, 0.3) is 5.91 Å². The van der Waals surface area contributed by atoms with E-state index in [-0.39, 0.29) is 12.3 Å². The molecule has 1 atom stereocenters. The zero-order valence-electron chi connectivity index (χ0n) is 14.0. The van der Waals surface area contributed by atoms with E-state index in [1.54, 1.807) is 24.6 Å². The topological polar surface area (TPSA) is 77.5 Å². The summed E-state index contributed by atoms with van der Waals surface area (Å²) in [5, 5.41) is 5.87. The summed E-state index contributed by atoms with van der Waals surface area (Å²) >= 11 is 7.30. The molecule has 0 bridgehead atoms. The lowest BCUT2D eigenvalue weighted by molar-refractivity contribution is -0.154. The lowest BCUT2D eigenvalue weighted by atomic mass is 10.2. The Kier molecular flexibility index (Phi) is 7.36. The van der Waals surface area contributed by atoms with Gasteiger partial charge in [-0.1, -0.05) is 23.7 Å². The summed E-state index contributed by atoms with van der Waals surface area (Å²) in [6, 6.07) is 7.32. The van der Waals surface area contributed by atoms with Crippen LogP contribution >= 0.6 is 22.9 Å². The van der Waals surface area contributed by atoms with Crippen molar-refractivity contribution in [3.63, 3.8) is 0 Å². The Labute approximate surface area is 155 Å². The summed E-state index contributed by atoms with van der Waals surface area (Å²) in [6.07, 6.45) is -0.849. The number of amides is 1. The van der Waals surface area contributed by atoms with E-state index in [4.69, 9.17) is 21.1 Å². The minimum Gasteiger partial charge on any atom is -0.452 e. The second-order valence-electron chi connectivity index (χ2n) is 5.24. The summed E-state index contributed by atoms with van der Waals surface area (Å²) in [6.45, 7) is 2.30. The fourth-order valence-corrected chi connectivity index (χ4v) is 2.93. The highest BCUT2D eigenvalue weighted by atomic mass is 35.5. The first-order valence-corrected chi connectivity index (χ1v) is 8.92. The number of thiazole rings is 1. The molecular formula is C17H19ClN2O4S. The van der Waals surface area contributed by atoms with Crippen molar-refractivity contribution in [1.82, 2.24) is 10.3 Å². The molecule has 6 nitrogen and oxygen atoms in total. The third kappa shape index (κ3) is 6.12. The third-order valence-corrected chi connectivity index (χ3v) is 4.44. The molecule has 1 aromatic heterocycles. The maximum absolute atomic E-state index is 12.0. The number of benzene rings is 1. The van der Waals surface area contributed by atoms with Gasteiger partial charge in [-0.2, -0.15) is 0 Å². The van der Waals surface area contributed by atoms with Gasteiger partial charge in [-0.25, -0.2) is 4.98 Å². The van der Waals surface area contributed by atoms with Crippen LogP contribution in [0.25, 0.3) is 10.6 Å². The fraction of sp³-hybridized carbons (Fsp3) is 0.353. The van der Waals surface area contributed by atoms with Crippen LogP contribution in [-0.2, 0) is 25.5 Å². The van der Waals surface area contributed by atoms with Crippen LogP contribution in [0.5, 0.6) is 0 Å². The smallest absolute Gasteiger partial charge is 0.312 e. The zero-order valence-corrected chi connectivity index (χ0v) is 15.5. The first-order valence-electron chi connectivity index (χ1n) is 7.66. The van der Waals surface area contributed by atoms with Crippen LogP contribution in [0, 0.1) is 0 Å². The van der Waals surface area contributed by atoms with Gasteiger partial charge < -0.3 is 14.8 Å². The Morgan fingerprint density at radius 2 is 2.04 bits per heavy atom. The van der Waals surface area contributed by atoms with Gasteiger partial charge >= 0.3 is 5.97 Å². The number of methoxy groups -OCH3 is 1. The normalized spacial score (nSPS) is 11.8. The Morgan fingerprint density at radius 1 is 1.32 bits per heavy atom. The summed E-state index contributed by atoms with van der Waals surface area (Å²) in [5.41, 5.74) is 1.53. The van der Waals surface area contributed by atoms with E-state index in [0.717, 1.165) is 10.6 Å². The highest BCUT2D eigenvalue weighted by molar-refractivity contribution is 7.13. The fourth-order valence-electron chi connectivity index (χ4n) is 1.97. The van der Waals surface area contributed by atoms with Crippen LogP contribution in [0.2, 0.25) is 5.02 Å². The molecule has 8 heteroatoms. The van der Waals surface area contributed by atoms with Crippen LogP contribution in [-0.4, -0.2) is 43.2 Å². The number of esters is 1. The number of carbonyl (C=O) groups excluding carboxylic acids is 2. The summed E-state index contributed by atoms with van der Waals surface area (Å²) < 4.78 is 9.97. The van der Waals surface area contributed by atoms with Crippen molar-refractivity contribution >= 4 is 34.8 Å². The third-order valence-electron chi connectivity index (χ3n) is 3.25. The van der Waals surface area contributed by atoms with E-state index in [9.17, 15) is 9.59 Å². The Morgan fingerprint density at radius 3 is 2.72 bits per heavy atom. The molecule has 1 amide bonds. The number of halogens is 1. The highest BCUT2D eigenvalue weighted by Crippen LogP contribution is 2.25. The summed E-state index contributed by atoms with van der Waals surface area (Å²) in [5.74, 6) is -0.854. The Balaban J connectivity index is 1.86. The van der Waals surface area contributed by atoms with Gasteiger partial charge in [-0.15, -0.1) is 11.3 Å². The van der Waals surface area contributed by atoms with E-state index in [2.05, 4.69) is 10.3 Å². The van der Waals surface area contributed by atoms with Gasteiger partial charge in [-0.05, 0) is 19.1 Å². The lowest BCUT2D eigenvalue weighted by Gasteiger charge is -2.12. The molecule has 0 aliphatic rings.